The quantitative estimate of drug-likeness (QED) is 0.409. The van der Waals surface area contributed by atoms with Gasteiger partial charge in [-0.1, -0.05) is 11.8 Å². The third kappa shape index (κ3) is 3.71. The van der Waals surface area contributed by atoms with Crippen LogP contribution in [-0.4, -0.2) is 71.7 Å². The van der Waals surface area contributed by atoms with E-state index >= 15 is 0 Å². The Kier molecular flexibility index (Phi) is 5.25. The molecule has 0 saturated carbocycles. The molecule has 1 aliphatic heterocycles. The number of ether oxygens (including phenoxy) is 1. The fraction of sp³-hybridized carbons (Fsp3) is 0.615. The average Bonchev–Trinajstić information content (AvgIpc) is 3.09. The van der Waals surface area contributed by atoms with Gasteiger partial charge in [-0.3, -0.25) is 4.57 Å². The van der Waals surface area contributed by atoms with E-state index in [1.54, 1.807) is 0 Å². The van der Waals surface area contributed by atoms with Crippen LogP contribution in [0.25, 0.3) is 11.2 Å². The third-order valence-electron chi connectivity index (χ3n) is 3.84. The first-order valence-electron chi connectivity index (χ1n) is 7.53. The molecule has 1 saturated heterocycles. The van der Waals surface area contributed by atoms with Gasteiger partial charge in [0, 0.05) is 5.75 Å². The Balaban J connectivity index is 1.88. The van der Waals surface area contributed by atoms with Crippen LogP contribution in [0.4, 0.5) is 19.0 Å². The number of thioether (sulfide) groups is 1. The minimum atomic E-state index is -4.29. The number of nitrogens with zero attached hydrogens (tertiary/aromatic N) is 4. The molecule has 2 aromatic rings. The Hall–Kier alpha value is -1.67. The first kappa shape index (κ1) is 19.1. The molecule has 0 spiro atoms. The highest BCUT2D eigenvalue weighted by molar-refractivity contribution is 7.99. The summed E-state index contributed by atoms with van der Waals surface area (Å²) >= 11 is 0.781. The van der Waals surface area contributed by atoms with Gasteiger partial charge >= 0.3 is 6.18 Å². The van der Waals surface area contributed by atoms with Gasteiger partial charge in [0.2, 0.25) is 0 Å². The number of halogens is 3. The largest absolute Gasteiger partial charge is 0.394 e. The zero-order valence-corrected chi connectivity index (χ0v) is 14.0. The molecule has 3 heterocycles. The molecule has 4 atom stereocenters. The number of anilines is 1. The van der Waals surface area contributed by atoms with Crippen LogP contribution >= 0.6 is 11.8 Å². The Morgan fingerprint density at radius 2 is 2.00 bits per heavy atom. The number of rotatable bonds is 5. The third-order valence-corrected chi connectivity index (χ3v) is 4.68. The summed E-state index contributed by atoms with van der Waals surface area (Å²) in [5, 5.41) is 29.2. The minimum absolute atomic E-state index is 0.0211. The maximum atomic E-state index is 12.3. The highest BCUT2D eigenvalue weighted by atomic mass is 32.2. The number of nitrogens with two attached hydrogens (primary N) is 1. The second-order valence-corrected chi connectivity index (χ2v) is 6.72. The Bertz CT molecular complexity index is 789. The molecule has 0 bridgehead atoms. The van der Waals surface area contributed by atoms with Gasteiger partial charge in [-0.2, -0.15) is 13.2 Å². The molecule has 5 N–H and O–H groups in total. The zero-order valence-electron chi connectivity index (χ0n) is 13.2. The van der Waals surface area contributed by atoms with E-state index in [-0.39, 0.29) is 27.9 Å². The van der Waals surface area contributed by atoms with Gasteiger partial charge < -0.3 is 25.8 Å². The lowest BCUT2D eigenvalue weighted by molar-refractivity contribution is -0.129. The van der Waals surface area contributed by atoms with Gasteiger partial charge in [-0.25, -0.2) is 15.0 Å². The van der Waals surface area contributed by atoms with Crippen molar-refractivity contribution in [1.82, 2.24) is 19.5 Å². The van der Waals surface area contributed by atoms with E-state index in [0.717, 1.165) is 11.8 Å². The van der Waals surface area contributed by atoms with Crippen molar-refractivity contribution in [3.63, 3.8) is 0 Å². The maximum Gasteiger partial charge on any atom is 0.389 e. The van der Waals surface area contributed by atoms with Crippen molar-refractivity contribution in [2.45, 2.75) is 42.3 Å². The Morgan fingerprint density at radius 3 is 2.62 bits per heavy atom. The average molecular weight is 395 g/mol. The number of imidazole rings is 1. The number of aliphatic hydroxyl groups excluding tert-OH is 3. The van der Waals surface area contributed by atoms with Gasteiger partial charge in [0.15, 0.2) is 22.8 Å². The number of hydrogen-bond donors (Lipinski definition) is 4. The first-order valence-corrected chi connectivity index (χ1v) is 8.52. The van der Waals surface area contributed by atoms with Crippen molar-refractivity contribution in [3.05, 3.63) is 6.33 Å². The van der Waals surface area contributed by atoms with E-state index in [4.69, 9.17) is 10.5 Å². The fourth-order valence-electron chi connectivity index (χ4n) is 2.54. The van der Waals surface area contributed by atoms with Crippen LogP contribution in [0.1, 0.15) is 12.6 Å². The van der Waals surface area contributed by atoms with Crippen LogP contribution in [0, 0.1) is 0 Å². The number of aliphatic hydroxyl groups is 3. The van der Waals surface area contributed by atoms with Gasteiger partial charge in [-0.15, -0.1) is 0 Å². The Labute approximate surface area is 149 Å². The summed E-state index contributed by atoms with van der Waals surface area (Å²) in [6.07, 6.45) is -8.79. The number of fused-ring (bicyclic) bond motifs is 1. The molecule has 13 heteroatoms. The van der Waals surface area contributed by atoms with Gasteiger partial charge in [-0.05, 0) is 0 Å². The van der Waals surface area contributed by atoms with E-state index < -0.39 is 43.7 Å². The molecular weight excluding hydrogens is 379 g/mol. The summed E-state index contributed by atoms with van der Waals surface area (Å²) in [5.74, 6) is -0.314. The molecule has 0 radical (unpaired) electrons. The molecule has 9 nitrogen and oxygen atoms in total. The van der Waals surface area contributed by atoms with Crippen molar-refractivity contribution in [2.24, 2.45) is 0 Å². The molecule has 2 aromatic heterocycles. The normalized spacial score (nSPS) is 26.7. The molecule has 0 amide bonds. The molecule has 0 aliphatic carbocycles. The van der Waals surface area contributed by atoms with E-state index in [9.17, 15) is 28.5 Å². The SMILES string of the molecule is Nc1nc(SCCC(F)(F)F)nc2c1ncn2[C@@H]1O[C@H](CO)C(O)[C@@H]1O. The number of hydrogen-bond acceptors (Lipinski definition) is 9. The van der Waals surface area contributed by atoms with E-state index in [1.165, 1.54) is 10.9 Å². The smallest absolute Gasteiger partial charge is 0.389 e. The Morgan fingerprint density at radius 1 is 1.27 bits per heavy atom. The van der Waals surface area contributed by atoms with Crippen LogP contribution < -0.4 is 5.73 Å². The van der Waals surface area contributed by atoms with Crippen molar-refractivity contribution < 1.29 is 33.2 Å². The molecule has 3 rings (SSSR count). The van der Waals surface area contributed by atoms with Gasteiger partial charge in [0.05, 0.1) is 19.4 Å². The molecular formula is C13H16F3N5O4S. The summed E-state index contributed by atoms with van der Waals surface area (Å²) in [7, 11) is 0. The van der Waals surface area contributed by atoms with Gasteiger partial charge in [0.1, 0.15) is 23.8 Å². The van der Waals surface area contributed by atoms with Crippen LogP contribution in [0.2, 0.25) is 0 Å². The lowest BCUT2D eigenvalue weighted by Gasteiger charge is -2.16. The first-order chi connectivity index (χ1) is 12.2. The second kappa shape index (κ2) is 7.15. The summed E-state index contributed by atoms with van der Waals surface area (Å²) < 4.78 is 43.5. The van der Waals surface area contributed by atoms with Crippen LogP contribution in [-0.2, 0) is 4.74 Å². The molecule has 26 heavy (non-hydrogen) atoms. The summed E-state index contributed by atoms with van der Waals surface area (Å²) in [6.45, 7) is -0.503. The van der Waals surface area contributed by atoms with Crippen LogP contribution in [0.3, 0.4) is 0 Å². The van der Waals surface area contributed by atoms with E-state index in [0.29, 0.717) is 0 Å². The molecule has 1 aliphatic rings. The predicted octanol–water partition coefficient (Wildman–Crippen LogP) is 0.0645. The van der Waals surface area contributed by atoms with Crippen molar-refractivity contribution in [1.29, 1.82) is 0 Å². The number of alkyl halides is 3. The zero-order chi connectivity index (χ0) is 19.1. The van der Waals surface area contributed by atoms with E-state index in [2.05, 4.69) is 15.0 Å². The highest BCUT2D eigenvalue weighted by Crippen LogP contribution is 2.33. The number of aromatic nitrogens is 4. The monoisotopic (exact) mass is 395 g/mol. The van der Waals surface area contributed by atoms with Crippen LogP contribution in [0.5, 0.6) is 0 Å². The number of nitrogen functional groups attached to an aromatic ring is 1. The summed E-state index contributed by atoms with van der Waals surface area (Å²) in [5.41, 5.74) is 6.11. The molecule has 144 valence electrons. The highest BCUT2D eigenvalue weighted by Gasteiger charge is 2.44. The van der Waals surface area contributed by atoms with Crippen molar-refractivity contribution in [2.75, 3.05) is 18.1 Å². The predicted molar refractivity (Wildman–Crippen MR) is 84.1 cm³/mol. The maximum absolute atomic E-state index is 12.3. The fourth-order valence-corrected chi connectivity index (χ4v) is 3.37. The van der Waals surface area contributed by atoms with E-state index in [1.807, 2.05) is 0 Å². The standard InChI is InChI=1S/C13H16F3N5O4S/c14-13(15,16)1-2-26-12-19-9(17)6-10(20-12)21(4-18-6)11-8(24)7(23)5(3-22)25-11/h4-5,7-8,11,22-24H,1-3H2,(H2,17,19,20)/t5-,7?,8+,11-/m1/s1. The second-order valence-electron chi connectivity index (χ2n) is 5.66. The molecule has 1 fully saturated rings. The lowest BCUT2D eigenvalue weighted by Crippen LogP contribution is -2.33. The summed E-state index contributed by atoms with van der Waals surface area (Å²) in [4.78, 5) is 12.1. The van der Waals surface area contributed by atoms with Gasteiger partial charge in [0.25, 0.3) is 0 Å². The van der Waals surface area contributed by atoms with Crippen LogP contribution in [0.15, 0.2) is 11.5 Å². The topological polar surface area (TPSA) is 140 Å². The molecule has 0 aromatic carbocycles. The summed E-state index contributed by atoms with van der Waals surface area (Å²) in [6, 6.07) is 0. The lowest BCUT2D eigenvalue weighted by atomic mass is 10.1. The molecule has 1 unspecified atom stereocenters. The van der Waals surface area contributed by atoms with Crippen molar-refractivity contribution >= 4 is 28.7 Å². The van der Waals surface area contributed by atoms with Crippen molar-refractivity contribution in [3.8, 4) is 0 Å². The minimum Gasteiger partial charge on any atom is -0.394 e.